The Morgan fingerprint density at radius 3 is 1.77 bits per heavy atom. The lowest BCUT2D eigenvalue weighted by molar-refractivity contribution is 0.189. The summed E-state index contributed by atoms with van der Waals surface area (Å²) in [4.78, 5) is 0. The Hall–Kier alpha value is 0.0700. The van der Waals surface area contributed by atoms with Crippen LogP contribution < -0.4 is 11.5 Å². The number of hydrogen-bond donors (Lipinski definition) is 2. The first-order chi connectivity index (χ1) is 10.6. The molecular formula is C16H37N2O3P. The van der Waals surface area contributed by atoms with Crippen molar-refractivity contribution in [2.75, 3.05) is 19.8 Å². The van der Waals surface area contributed by atoms with Crippen LogP contribution in [0.4, 0.5) is 0 Å². The van der Waals surface area contributed by atoms with Crippen LogP contribution in [-0.2, 0) is 13.6 Å². The van der Waals surface area contributed by atoms with E-state index in [1.165, 1.54) is 25.7 Å². The molecule has 6 heteroatoms. The maximum atomic E-state index is 12.9. The van der Waals surface area contributed by atoms with Gasteiger partial charge in [0, 0.05) is 0 Å². The molecule has 0 radical (unpaired) electrons. The topological polar surface area (TPSA) is 87.6 Å². The van der Waals surface area contributed by atoms with E-state index in [9.17, 15) is 4.57 Å². The third kappa shape index (κ3) is 10.7. The molecule has 0 aromatic heterocycles. The Bertz CT molecular complexity index is 273. The van der Waals surface area contributed by atoms with Gasteiger partial charge in [-0.05, 0) is 32.2 Å². The third-order valence-corrected chi connectivity index (χ3v) is 5.80. The molecule has 4 N–H and O–H groups in total. The summed E-state index contributed by atoms with van der Waals surface area (Å²) in [6, 6.07) is 0. The minimum Gasteiger partial charge on any atom is -0.330 e. The molecule has 0 rings (SSSR count). The van der Waals surface area contributed by atoms with Crippen LogP contribution in [0.1, 0.15) is 78.1 Å². The van der Waals surface area contributed by atoms with E-state index in [4.69, 9.17) is 20.5 Å². The molecule has 22 heavy (non-hydrogen) atoms. The van der Waals surface area contributed by atoms with E-state index < -0.39 is 13.4 Å². The van der Waals surface area contributed by atoms with Crippen molar-refractivity contribution in [3.63, 3.8) is 0 Å². The fourth-order valence-corrected chi connectivity index (χ4v) is 3.88. The van der Waals surface area contributed by atoms with Gasteiger partial charge in [-0.1, -0.05) is 52.4 Å². The molecule has 0 saturated carbocycles. The molecule has 0 heterocycles. The van der Waals surface area contributed by atoms with Gasteiger partial charge >= 0.3 is 7.60 Å². The van der Waals surface area contributed by atoms with Gasteiger partial charge in [-0.3, -0.25) is 4.57 Å². The maximum absolute atomic E-state index is 12.9. The maximum Gasteiger partial charge on any atom is 0.347 e. The van der Waals surface area contributed by atoms with Crippen LogP contribution in [0.3, 0.4) is 0 Å². The highest BCUT2D eigenvalue weighted by molar-refractivity contribution is 7.54. The highest BCUT2D eigenvalue weighted by atomic mass is 31.2. The van der Waals surface area contributed by atoms with Crippen molar-refractivity contribution >= 4 is 7.60 Å². The lowest BCUT2D eigenvalue weighted by Gasteiger charge is -2.24. The molecule has 0 bridgehead atoms. The van der Waals surface area contributed by atoms with Gasteiger partial charge in [0.05, 0.1) is 13.2 Å². The molecule has 1 unspecified atom stereocenters. The van der Waals surface area contributed by atoms with Gasteiger partial charge in [0.15, 0.2) is 0 Å². The van der Waals surface area contributed by atoms with Crippen LogP contribution in [0, 0.1) is 0 Å². The zero-order chi connectivity index (χ0) is 16.7. The molecule has 0 spiro atoms. The van der Waals surface area contributed by atoms with Crippen LogP contribution in [0.25, 0.3) is 0 Å². The molecule has 1 atom stereocenters. The summed E-state index contributed by atoms with van der Waals surface area (Å²) in [7, 11) is -3.22. The first kappa shape index (κ1) is 22.1. The second kappa shape index (κ2) is 14.6. The van der Waals surface area contributed by atoms with Crippen molar-refractivity contribution in [3.8, 4) is 0 Å². The summed E-state index contributed by atoms with van der Waals surface area (Å²) in [5.41, 5.74) is 11.6. The van der Waals surface area contributed by atoms with Crippen LogP contribution in [-0.4, -0.2) is 25.5 Å². The van der Waals surface area contributed by atoms with Gasteiger partial charge in [-0.25, -0.2) is 0 Å². The van der Waals surface area contributed by atoms with Crippen LogP contribution >= 0.6 is 7.60 Å². The molecule has 0 aliphatic heterocycles. The zero-order valence-electron chi connectivity index (χ0n) is 14.6. The largest absolute Gasteiger partial charge is 0.347 e. The molecular weight excluding hydrogens is 299 g/mol. The third-order valence-electron chi connectivity index (χ3n) is 3.65. The average molecular weight is 336 g/mol. The monoisotopic (exact) mass is 336 g/mol. The number of unbranched alkanes of at least 4 members (excludes halogenated alkanes) is 6. The predicted molar refractivity (Wildman–Crippen MR) is 94.1 cm³/mol. The molecule has 0 aromatic rings. The fraction of sp³-hybridized carbons (Fsp3) is 1.00. The van der Waals surface area contributed by atoms with Crippen LogP contribution in [0.15, 0.2) is 0 Å². The summed E-state index contributed by atoms with van der Waals surface area (Å²) in [5, 5.41) is 0. The Balaban J connectivity index is 4.25. The van der Waals surface area contributed by atoms with Gasteiger partial charge in [0.25, 0.3) is 0 Å². The minimum absolute atomic E-state index is 0.461. The first-order valence-electron chi connectivity index (χ1n) is 8.95. The smallest absolute Gasteiger partial charge is 0.330 e. The SMILES string of the molecule is CCCCCCOP(=O)(OCCCCCC)C(N)CCCN. The number of hydrogen-bond acceptors (Lipinski definition) is 5. The molecule has 0 aliphatic carbocycles. The van der Waals surface area contributed by atoms with E-state index in [0.717, 1.165) is 32.1 Å². The summed E-state index contributed by atoms with van der Waals surface area (Å²) in [6.45, 7) is 5.79. The molecule has 0 fully saturated rings. The van der Waals surface area contributed by atoms with E-state index in [1.54, 1.807) is 0 Å². The van der Waals surface area contributed by atoms with E-state index in [0.29, 0.717) is 26.2 Å². The fourth-order valence-electron chi connectivity index (χ4n) is 2.16. The standard InChI is InChI=1S/C16H37N2O3P/c1-3-5-7-9-14-20-22(19,16(18)12-11-13-17)21-15-10-8-6-4-2/h16H,3-15,17-18H2,1-2H3. The van der Waals surface area contributed by atoms with Crippen molar-refractivity contribution in [1.82, 2.24) is 0 Å². The Morgan fingerprint density at radius 2 is 1.36 bits per heavy atom. The van der Waals surface area contributed by atoms with Gasteiger partial charge in [-0.2, -0.15) is 0 Å². The molecule has 0 aliphatic rings. The molecule has 0 amide bonds. The van der Waals surface area contributed by atoms with Crippen LogP contribution in [0.5, 0.6) is 0 Å². The van der Waals surface area contributed by atoms with E-state index >= 15 is 0 Å². The molecule has 134 valence electrons. The first-order valence-corrected chi connectivity index (χ1v) is 10.6. The lowest BCUT2D eigenvalue weighted by atomic mass is 10.2. The van der Waals surface area contributed by atoms with Gasteiger partial charge in [0.2, 0.25) is 0 Å². The van der Waals surface area contributed by atoms with Crippen molar-refractivity contribution < 1.29 is 13.6 Å². The van der Waals surface area contributed by atoms with Crippen molar-refractivity contribution in [1.29, 1.82) is 0 Å². The van der Waals surface area contributed by atoms with E-state index in [-0.39, 0.29) is 0 Å². The van der Waals surface area contributed by atoms with Gasteiger partial charge < -0.3 is 20.5 Å². The zero-order valence-corrected chi connectivity index (χ0v) is 15.5. The quantitative estimate of drug-likeness (QED) is 0.322. The number of rotatable bonds is 16. The minimum atomic E-state index is -3.22. The van der Waals surface area contributed by atoms with Crippen LogP contribution in [0.2, 0.25) is 0 Å². The second-order valence-corrected chi connectivity index (χ2v) is 8.09. The summed E-state index contributed by atoms with van der Waals surface area (Å²) in [6.07, 6.45) is 9.98. The molecule has 5 nitrogen and oxygen atoms in total. The van der Waals surface area contributed by atoms with Crippen molar-refractivity contribution in [3.05, 3.63) is 0 Å². The highest BCUT2D eigenvalue weighted by Crippen LogP contribution is 2.52. The molecule has 0 saturated heterocycles. The normalized spacial score (nSPS) is 13.5. The Labute approximate surface area is 137 Å². The highest BCUT2D eigenvalue weighted by Gasteiger charge is 2.32. The predicted octanol–water partition coefficient (Wildman–Crippen LogP) is 4.40. The lowest BCUT2D eigenvalue weighted by Crippen LogP contribution is -2.24. The van der Waals surface area contributed by atoms with Gasteiger partial charge in [0.1, 0.15) is 5.78 Å². The number of nitrogens with two attached hydrogens (primary N) is 2. The van der Waals surface area contributed by atoms with Crippen molar-refractivity contribution in [2.45, 2.75) is 83.8 Å². The summed E-state index contributed by atoms with van der Waals surface area (Å²) in [5.74, 6) is -0.562. The summed E-state index contributed by atoms with van der Waals surface area (Å²) < 4.78 is 24.1. The summed E-state index contributed by atoms with van der Waals surface area (Å²) >= 11 is 0. The Kier molecular flexibility index (Phi) is 14.7. The Morgan fingerprint density at radius 1 is 0.864 bits per heavy atom. The second-order valence-electron chi connectivity index (χ2n) is 5.83. The molecule has 0 aromatic carbocycles. The van der Waals surface area contributed by atoms with E-state index in [2.05, 4.69) is 13.8 Å². The van der Waals surface area contributed by atoms with E-state index in [1.807, 2.05) is 0 Å². The average Bonchev–Trinajstić information content (AvgIpc) is 2.52. The van der Waals surface area contributed by atoms with Crippen molar-refractivity contribution in [2.24, 2.45) is 11.5 Å². The van der Waals surface area contributed by atoms with Gasteiger partial charge in [-0.15, -0.1) is 0 Å².